The van der Waals surface area contributed by atoms with Crippen molar-refractivity contribution in [1.29, 1.82) is 0 Å². The van der Waals surface area contributed by atoms with Crippen LogP contribution in [-0.4, -0.2) is 35.4 Å². The molecular formula is C17H16F3N3O. The molecule has 1 aliphatic rings. The number of benzene rings is 1. The average molecular weight is 335 g/mol. The summed E-state index contributed by atoms with van der Waals surface area (Å²) in [5.41, 5.74) is 0.470. The molecule has 2 aromatic rings. The zero-order valence-corrected chi connectivity index (χ0v) is 13.0. The lowest BCUT2D eigenvalue weighted by molar-refractivity contribution is 0.0923. The smallest absolute Gasteiger partial charge is 0.254 e. The molecule has 0 aliphatic carbocycles. The molecule has 4 nitrogen and oxygen atoms in total. The van der Waals surface area contributed by atoms with Crippen LogP contribution in [0.1, 0.15) is 28.4 Å². The van der Waals surface area contributed by atoms with Gasteiger partial charge in [-0.1, -0.05) is 6.07 Å². The molecule has 2 atom stereocenters. The summed E-state index contributed by atoms with van der Waals surface area (Å²) >= 11 is 0. The van der Waals surface area contributed by atoms with Crippen LogP contribution in [0, 0.1) is 17.5 Å². The largest absolute Gasteiger partial charge is 0.347 e. The van der Waals surface area contributed by atoms with E-state index in [4.69, 9.17) is 0 Å². The highest BCUT2D eigenvalue weighted by molar-refractivity contribution is 5.94. The Morgan fingerprint density at radius 1 is 1.21 bits per heavy atom. The van der Waals surface area contributed by atoms with Gasteiger partial charge in [0.15, 0.2) is 17.5 Å². The molecule has 126 valence electrons. The second kappa shape index (κ2) is 6.60. The minimum atomic E-state index is -0.932. The number of hydrogen-bond donors (Lipinski definition) is 1. The minimum absolute atomic E-state index is 0.0939. The average Bonchev–Trinajstić information content (AvgIpc) is 2.91. The lowest BCUT2D eigenvalue weighted by Crippen LogP contribution is -2.39. The number of rotatable bonds is 3. The van der Waals surface area contributed by atoms with E-state index < -0.39 is 23.4 Å². The molecule has 1 amide bonds. The molecule has 3 rings (SSSR count). The van der Waals surface area contributed by atoms with Crippen molar-refractivity contribution in [3.63, 3.8) is 0 Å². The van der Waals surface area contributed by atoms with Crippen molar-refractivity contribution in [3.05, 3.63) is 65.2 Å². The van der Waals surface area contributed by atoms with Crippen LogP contribution in [0.4, 0.5) is 13.2 Å². The predicted molar refractivity (Wildman–Crippen MR) is 81.8 cm³/mol. The number of likely N-dealkylation sites (tertiary alicyclic amines) is 1. The Kier molecular flexibility index (Phi) is 4.53. The molecule has 0 saturated carbocycles. The third kappa shape index (κ3) is 3.12. The number of hydrogen-bond acceptors (Lipinski definition) is 3. The topological polar surface area (TPSA) is 45.2 Å². The molecule has 1 aromatic heterocycles. The second-order valence-electron chi connectivity index (χ2n) is 5.82. The highest BCUT2D eigenvalue weighted by Crippen LogP contribution is 2.32. The summed E-state index contributed by atoms with van der Waals surface area (Å²) < 4.78 is 40.4. The van der Waals surface area contributed by atoms with Crippen molar-refractivity contribution in [1.82, 2.24) is 15.2 Å². The van der Waals surface area contributed by atoms with E-state index in [0.29, 0.717) is 18.5 Å². The van der Waals surface area contributed by atoms with E-state index in [1.165, 1.54) is 18.3 Å². The minimum Gasteiger partial charge on any atom is -0.347 e. The molecule has 24 heavy (non-hydrogen) atoms. The number of halogens is 3. The third-order valence-electron chi connectivity index (χ3n) is 4.27. The fourth-order valence-electron chi connectivity index (χ4n) is 3.09. The van der Waals surface area contributed by atoms with Crippen molar-refractivity contribution in [2.24, 2.45) is 0 Å². The Hall–Kier alpha value is -2.41. The molecule has 1 aromatic carbocycles. The molecule has 2 heterocycles. The molecule has 0 spiro atoms. The third-order valence-corrected chi connectivity index (χ3v) is 4.27. The van der Waals surface area contributed by atoms with Crippen LogP contribution in [0.15, 0.2) is 36.7 Å². The summed E-state index contributed by atoms with van der Waals surface area (Å²) in [5, 5.41) is 2.78. The molecule has 0 radical (unpaired) electrons. The van der Waals surface area contributed by atoms with Crippen LogP contribution in [0.5, 0.6) is 0 Å². The summed E-state index contributed by atoms with van der Waals surface area (Å²) in [6, 6.07) is 4.35. The zero-order valence-electron chi connectivity index (χ0n) is 13.0. The van der Waals surface area contributed by atoms with Gasteiger partial charge in [-0.05, 0) is 37.2 Å². The van der Waals surface area contributed by atoms with Gasteiger partial charge in [-0.2, -0.15) is 0 Å². The Balaban J connectivity index is 1.83. The first-order chi connectivity index (χ1) is 11.5. The van der Waals surface area contributed by atoms with Crippen LogP contribution in [0.25, 0.3) is 0 Å². The predicted octanol–water partition coefficient (Wildman–Crippen LogP) is 2.67. The quantitative estimate of drug-likeness (QED) is 0.938. The van der Waals surface area contributed by atoms with Gasteiger partial charge in [0.05, 0.1) is 23.8 Å². The van der Waals surface area contributed by atoms with E-state index >= 15 is 0 Å². The summed E-state index contributed by atoms with van der Waals surface area (Å²) in [7, 11) is 1.84. The number of amides is 1. The first kappa shape index (κ1) is 16.4. The molecule has 0 bridgehead atoms. The lowest BCUT2D eigenvalue weighted by Gasteiger charge is -2.26. The van der Waals surface area contributed by atoms with Gasteiger partial charge in [0.1, 0.15) is 0 Å². The lowest BCUT2D eigenvalue weighted by atomic mass is 9.99. The number of nitrogens with zero attached hydrogens (tertiary/aromatic N) is 2. The maximum absolute atomic E-state index is 13.7. The zero-order chi connectivity index (χ0) is 17.3. The second-order valence-corrected chi connectivity index (χ2v) is 5.82. The normalized spacial score (nSPS) is 21.0. The monoisotopic (exact) mass is 335 g/mol. The van der Waals surface area contributed by atoms with Gasteiger partial charge < -0.3 is 5.32 Å². The van der Waals surface area contributed by atoms with Gasteiger partial charge in [0, 0.05) is 12.7 Å². The Morgan fingerprint density at radius 2 is 2.00 bits per heavy atom. The van der Waals surface area contributed by atoms with Gasteiger partial charge in [-0.15, -0.1) is 0 Å². The number of pyridine rings is 1. The van der Waals surface area contributed by atoms with Crippen molar-refractivity contribution in [2.45, 2.75) is 18.5 Å². The van der Waals surface area contributed by atoms with Gasteiger partial charge >= 0.3 is 0 Å². The maximum Gasteiger partial charge on any atom is 0.254 e. The molecule has 1 N–H and O–H groups in total. The van der Waals surface area contributed by atoms with Gasteiger partial charge in [-0.3, -0.25) is 14.7 Å². The number of likely N-dealkylation sites (N-methyl/N-ethyl adjacent to an activating group) is 1. The highest BCUT2D eigenvalue weighted by Gasteiger charge is 2.35. The summed E-state index contributed by atoms with van der Waals surface area (Å²) in [4.78, 5) is 17.9. The fourth-order valence-corrected chi connectivity index (χ4v) is 3.09. The number of carbonyl (C=O) groups is 1. The molecule has 1 aliphatic heterocycles. The Morgan fingerprint density at radius 3 is 2.71 bits per heavy atom. The van der Waals surface area contributed by atoms with E-state index in [1.54, 1.807) is 0 Å². The van der Waals surface area contributed by atoms with E-state index in [9.17, 15) is 18.0 Å². The van der Waals surface area contributed by atoms with Crippen molar-refractivity contribution >= 4 is 5.91 Å². The van der Waals surface area contributed by atoms with Crippen molar-refractivity contribution in [2.75, 3.05) is 13.6 Å². The fraction of sp³-hybridized carbons (Fsp3) is 0.294. The van der Waals surface area contributed by atoms with Crippen molar-refractivity contribution < 1.29 is 18.0 Å². The van der Waals surface area contributed by atoms with E-state index in [2.05, 4.69) is 10.3 Å². The molecule has 0 unspecified atom stereocenters. The standard InChI is InChI=1S/C17H16F3N3O/c1-23-7-5-15(16(23)10-2-3-12(18)13(19)8-10)22-17(24)11-4-6-21-9-14(11)20/h2-4,6,8-9,15-16H,5,7H2,1H3,(H,22,24)/t15-,16+/m0/s1. The van der Waals surface area contributed by atoms with E-state index in [-0.39, 0.29) is 17.6 Å². The van der Waals surface area contributed by atoms with Gasteiger partial charge in [-0.25, -0.2) is 13.2 Å². The van der Waals surface area contributed by atoms with Gasteiger partial charge in [0.2, 0.25) is 0 Å². The van der Waals surface area contributed by atoms with Crippen molar-refractivity contribution in [3.8, 4) is 0 Å². The number of aromatic nitrogens is 1. The molecular weight excluding hydrogens is 319 g/mol. The van der Waals surface area contributed by atoms with E-state index in [1.807, 2.05) is 11.9 Å². The van der Waals surface area contributed by atoms with Crippen LogP contribution >= 0.6 is 0 Å². The number of carbonyl (C=O) groups excluding carboxylic acids is 1. The Bertz CT molecular complexity index is 768. The van der Waals surface area contributed by atoms with Gasteiger partial charge in [0.25, 0.3) is 5.91 Å². The van der Waals surface area contributed by atoms with Crippen LogP contribution in [0.3, 0.4) is 0 Å². The number of nitrogens with one attached hydrogen (secondary N) is 1. The maximum atomic E-state index is 13.7. The van der Waals surface area contributed by atoms with Crippen LogP contribution in [-0.2, 0) is 0 Å². The summed E-state index contributed by atoms with van der Waals surface area (Å²) in [6.07, 6.45) is 2.94. The molecule has 1 saturated heterocycles. The SMILES string of the molecule is CN1CC[C@H](NC(=O)c2ccncc2F)[C@H]1c1ccc(F)c(F)c1. The first-order valence-corrected chi connectivity index (χ1v) is 7.53. The summed E-state index contributed by atoms with van der Waals surface area (Å²) in [6.45, 7) is 0.674. The molecule has 7 heteroatoms. The molecule has 1 fully saturated rings. The van der Waals surface area contributed by atoms with Crippen LogP contribution < -0.4 is 5.32 Å². The van der Waals surface area contributed by atoms with E-state index in [0.717, 1.165) is 18.3 Å². The first-order valence-electron chi connectivity index (χ1n) is 7.53. The summed E-state index contributed by atoms with van der Waals surface area (Å²) in [5.74, 6) is -3.11. The highest BCUT2D eigenvalue weighted by atomic mass is 19.2. The van der Waals surface area contributed by atoms with Crippen LogP contribution in [0.2, 0.25) is 0 Å². The Labute approximate surface area is 137 Å².